The Morgan fingerprint density at radius 1 is 1.10 bits per heavy atom. The molecule has 0 amide bonds. The van der Waals surface area contributed by atoms with Crippen LogP contribution in [0.4, 0.5) is 11.4 Å². The van der Waals surface area contributed by atoms with E-state index in [0.29, 0.717) is 47.2 Å². The molecule has 2 aliphatic rings. The maximum Gasteiger partial charge on any atom is 0.316 e. The molecule has 2 heterocycles. The van der Waals surface area contributed by atoms with E-state index in [1.54, 1.807) is 54.7 Å². The van der Waals surface area contributed by atoms with E-state index in [0.717, 1.165) is 12.8 Å². The average Bonchev–Trinajstić information content (AvgIpc) is 3.67. The maximum absolute atomic E-state index is 13.6. The largest absolute Gasteiger partial charge is 0.486 e. The van der Waals surface area contributed by atoms with Gasteiger partial charge in [0, 0.05) is 48.7 Å². The van der Waals surface area contributed by atoms with E-state index in [1.807, 2.05) is 4.90 Å². The summed E-state index contributed by atoms with van der Waals surface area (Å²) in [6, 6.07) is 15.9. The molecule has 10 nitrogen and oxygen atoms in total. The van der Waals surface area contributed by atoms with Crippen molar-refractivity contribution in [2.75, 3.05) is 43.4 Å². The SMILES string of the molecule is N#CCC1(COc2c(N3CCN(S(=O)(=O)Cc4cccc(N)c4)CC3)cnn(-c3cccc(Cl)c3)c2=O)CC1. The molecule has 12 heteroatoms. The summed E-state index contributed by atoms with van der Waals surface area (Å²) in [4.78, 5) is 15.5. The van der Waals surface area contributed by atoms with E-state index >= 15 is 0 Å². The van der Waals surface area contributed by atoms with Crippen LogP contribution in [0.25, 0.3) is 5.69 Å². The number of ether oxygens (including phenoxy) is 1. The molecule has 0 bridgehead atoms. The van der Waals surface area contributed by atoms with Crippen molar-refractivity contribution in [3.05, 3.63) is 75.7 Å². The number of nitrogens with two attached hydrogens (primary N) is 1. The second-order valence-corrected chi connectivity index (χ2v) is 12.5. The van der Waals surface area contributed by atoms with Crippen LogP contribution in [-0.2, 0) is 15.8 Å². The summed E-state index contributed by atoms with van der Waals surface area (Å²) in [5.74, 6) is -0.00444. The van der Waals surface area contributed by atoms with E-state index in [-0.39, 0.29) is 36.6 Å². The number of hydrogen-bond acceptors (Lipinski definition) is 8. The third kappa shape index (κ3) is 6.03. The minimum atomic E-state index is -3.56. The van der Waals surface area contributed by atoms with Crippen molar-refractivity contribution in [2.24, 2.45) is 5.41 Å². The predicted molar refractivity (Wildman–Crippen MR) is 150 cm³/mol. The Morgan fingerprint density at radius 2 is 1.85 bits per heavy atom. The van der Waals surface area contributed by atoms with Crippen LogP contribution in [0.5, 0.6) is 5.75 Å². The molecule has 1 saturated carbocycles. The van der Waals surface area contributed by atoms with Crippen LogP contribution in [0.2, 0.25) is 5.02 Å². The van der Waals surface area contributed by atoms with Crippen molar-refractivity contribution in [1.29, 1.82) is 5.26 Å². The molecule has 0 radical (unpaired) electrons. The summed E-state index contributed by atoms with van der Waals surface area (Å²) >= 11 is 6.14. The fourth-order valence-corrected chi connectivity index (χ4v) is 6.40. The Morgan fingerprint density at radius 3 is 2.51 bits per heavy atom. The van der Waals surface area contributed by atoms with Gasteiger partial charge >= 0.3 is 5.56 Å². The van der Waals surface area contributed by atoms with Gasteiger partial charge in [-0.2, -0.15) is 19.3 Å². The topological polar surface area (TPSA) is 135 Å². The fraction of sp³-hybridized carbons (Fsp3) is 0.370. The molecule has 39 heavy (non-hydrogen) atoms. The van der Waals surface area contributed by atoms with Crippen LogP contribution in [0.15, 0.2) is 59.5 Å². The number of rotatable bonds is 9. The number of halogens is 1. The molecule has 1 aliphatic carbocycles. The van der Waals surface area contributed by atoms with Gasteiger partial charge in [0.2, 0.25) is 15.8 Å². The van der Waals surface area contributed by atoms with Gasteiger partial charge in [-0.3, -0.25) is 4.79 Å². The molecule has 0 atom stereocenters. The Labute approximate surface area is 232 Å². The molecule has 1 aromatic heterocycles. The lowest BCUT2D eigenvalue weighted by molar-refractivity contribution is 0.232. The summed E-state index contributed by atoms with van der Waals surface area (Å²) in [5, 5.41) is 14.1. The Balaban J connectivity index is 1.38. The van der Waals surface area contributed by atoms with Gasteiger partial charge < -0.3 is 15.4 Å². The standard InChI is InChI=1S/C27H29ClN6O4S/c28-21-4-2-6-23(16-21)34-26(35)25(38-19-27(7-8-27)9-10-29)24(17-31-34)32-11-13-33(14-12-32)39(36,37)18-20-3-1-5-22(30)15-20/h1-6,15-17H,7-9,11-14,18-19,30H2. The number of anilines is 2. The summed E-state index contributed by atoms with van der Waals surface area (Å²) in [6.07, 6.45) is 3.66. The van der Waals surface area contributed by atoms with Gasteiger partial charge in [0.15, 0.2) is 0 Å². The predicted octanol–water partition coefficient (Wildman–Crippen LogP) is 3.19. The lowest BCUT2D eigenvalue weighted by atomic mass is 10.1. The van der Waals surface area contributed by atoms with E-state index in [2.05, 4.69) is 11.2 Å². The Kier molecular flexibility index (Phi) is 7.53. The van der Waals surface area contributed by atoms with Crippen LogP contribution in [0, 0.1) is 16.7 Å². The summed E-state index contributed by atoms with van der Waals surface area (Å²) < 4.78 is 35.0. The molecule has 5 rings (SSSR count). The van der Waals surface area contributed by atoms with Crippen LogP contribution in [0.3, 0.4) is 0 Å². The number of nitrogens with zero attached hydrogens (tertiary/aromatic N) is 5. The second kappa shape index (κ2) is 10.9. The maximum atomic E-state index is 13.6. The number of benzene rings is 2. The first-order valence-electron chi connectivity index (χ1n) is 12.6. The van der Waals surface area contributed by atoms with Gasteiger partial charge in [0.05, 0.1) is 30.3 Å². The van der Waals surface area contributed by atoms with Crippen LogP contribution in [0.1, 0.15) is 24.8 Å². The van der Waals surface area contributed by atoms with Gasteiger partial charge in [0.1, 0.15) is 5.69 Å². The normalized spacial score (nSPS) is 17.0. The van der Waals surface area contributed by atoms with Gasteiger partial charge in [-0.25, -0.2) is 8.42 Å². The number of sulfonamides is 1. The lowest BCUT2D eigenvalue weighted by Gasteiger charge is -2.35. The molecule has 3 aromatic rings. The average molecular weight is 569 g/mol. The van der Waals surface area contributed by atoms with Crippen LogP contribution in [-0.4, -0.2) is 55.3 Å². The highest BCUT2D eigenvalue weighted by Gasteiger charge is 2.44. The van der Waals surface area contributed by atoms with E-state index in [9.17, 15) is 18.5 Å². The molecule has 1 aliphatic heterocycles. The zero-order chi connectivity index (χ0) is 27.6. The first-order valence-corrected chi connectivity index (χ1v) is 14.6. The second-order valence-electron chi connectivity index (χ2n) is 10.1. The zero-order valence-electron chi connectivity index (χ0n) is 21.3. The third-order valence-electron chi connectivity index (χ3n) is 7.17. The fourth-order valence-electron chi connectivity index (χ4n) is 4.72. The van der Waals surface area contributed by atoms with Crippen LogP contribution >= 0.6 is 11.6 Å². The highest BCUT2D eigenvalue weighted by Crippen LogP contribution is 2.49. The number of aromatic nitrogens is 2. The number of nitriles is 1. The molecular formula is C27H29ClN6O4S. The van der Waals surface area contributed by atoms with Crippen LogP contribution < -0.4 is 20.9 Å². The van der Waals surface area contributed by atoms with E-state index in [4.69, 9.17) is 22.1 Å². The smallest absolute Gasteiger partial charge is 0.316 e. The molecule has 204 valence electrons. The molecule has 2 fully saturated rings. The Bertz CT molecular complexity index is 1570. The quantitative estimate of drug-likeness (QED) is 0.389. The first-order chi connectivity index (χ1) is 18.7. The number of nitrogen functional groups attached to an aromatic ring is 1. The summed E-state index contributed by atoms with van der Waals surface area (Å²) in [7, 11) is -3.56. The van der Waals surface area contributed by atoms with Gasteiger partial charge in [-0.15, -0.1) is 0 Å². The molecule has 1 saturated heterocycles. The summed E-state index contributed by atoms with van der Waals surface area (Å²) in [6.45, 7) is 1.47. The zero-order valence-corrected chi connectivity index (χ0v) is 22.9. The van der Waals surface area contributed by atoms with Gasteiger partial charge in [-0.05, 0) is 48.7 Å². The van der Waals surface area contributed by atoms with Crippen molar-refractivity contribution >= 4 is 33.0 Å². The van der Waals surface area contributed by atoms with Crippen molar-refractivity contribution in [2.45, 2.75) is 25.0 Å². The van der Waals surface area contributed by atoms with E-state index < -0.39 is 15.6 Å². The molecular weight excluding hydrogens is 540 g/mol. The molecule has 2 aromatic carbocycles. The highest BCUT2D eigenvalue weighted by molar-refractivity contribution is 7.88. The van der Waals surface area contributed by atoms with Gasteiger partial charge in [-0.1, -0.05) is 29.8 Å². The Hall–Kier alpha value is -3.59. The van der Waals surface area contributed by atoms with E-state index in [1.165, 1.54) is 8.99 Å². The van der Waals surface area contributed by atoms with Crippen molar-refractivity contribution in [1.82, 2.24) is 14.1 Å². The number of piperazine rings is 1. The minimum Gasteiger partial charge on any atom is -0.486 e. The first kappa shape index (κ1) is 27.0. The third-order valence-corrected chi connectivity index (χ3v) is 9.26. The minimum absolute atomic E-state index is 0.130. The van der Waals surface area contributed by atoms with Crippen molar-refractivity contribution in [3.8, 4) is 17.5 Å². The monoisotopic (exact) mass is 568 g/mol. The molecule has 2 N–H and O–H groups in total. The number of hydrogen-bond donors (Lipinski definition) is 1. The molecule has 0 spiro atoms. The van der Waals surface area contributed by atoms with Crippen molar-refractivity contribution in [3.63, 3.8) is 0 Å². The lowest BCUT2D eigenvalue weighted by Crippen LogP contribution is -2.49. The molecule has 0 unspecified atom stereocenters. The highest BCUT2D eigenvalue weighted by atomic mass is 35.5. The van der Waals surface area contributed by atoms with Gasteiger partial charge in [0.25, 0.3) is 0 Å². The van der Waals surface area contributed by atoms with Crippen molar-refractivity contribution < 1.29 is 13.2 Å². The summed E-state index contributed by atoms with van der Waals surface area (Å²) in [5.41, 5.74) is 7.27.